The van der Waals surface area contributed by atoms with E-state index in [1.807, 2.05) is 0 Å². The van der Waals surface area contributed by atoms with Gasteiger partial charge in [-0.3, -0.25) is 0 Å². The maximum atomic E-state index is 3.84. The van der Waals surface area contributed by atoms with E-state index in [9.17, 15) is 0 Å². The molecule has 0 spiro atoms. The smallest absolute Gasteiger partial charge is 0.0397 e. The summed E-state index contributed by atoms with van der Waals surface area (Å²) in [6.07, 6.45) is 6.82. The van der Waals surface area contributed by atoms with Crippen molar-refractivity contribution in [1.82, 2.24) is 0 Å². The van der Waals surface area contributed by atoms with E-state index >= 15 is 0 Å². The number of halogens is 1. The largest absolute Gasteiger partial charge is 0.0839 e. The van der Waals surface area contributed by atoms with E-state index in [-0.39, 0.29) is 0 Å². The second-order valence-electron chi connectivity index (χ2n) is 5.84. The van der Waals surface area contributed by atoms with E-state index < -0.39 is 0 Å². The number of alkyl halides is 1. The number of benzene rings is 1. The zero-order valence-electron chi connectivity index (χ0n) is 11.0. The zero-order valence-corrected chi connectivity index (χ0v) is 12.5. The van der Waals surface area contributed by atoms with Crippen molar-refractivity contribution in [3.63, 3.8) is 0 Å². The molecule has 1 aliphatic rings. The highest BCUT2D eigenvalue weighted by atomic mass is 79.9. The van der Waals surface area contributed by atoms with E-state index in [1.54, 1.807) is 0 Å². The molecule has 17 heavy (non-hydrogen) atoms. The van der Waals surface area contributed by atoms with Gasteiger partial charge in [0.25, 0.3) is 0 Å². The summed E-state index contributed by atoms with van der Waals surface area (Å²) in [6, 6.07) is 9.19. The van der Waals surface area contributed by atoms with E-state index in [0.717, 1.165) is 11.8 Å². The van der Waals surface area contributed by atoms with Crippen LogP contribution < -0.4 is 0 Å². The summed E-state index contributed by atoms with van der Waals surface area (Å²) in [5.41, 5.74) is 2.91. The van der Waals surface area contributed by atoms with E-state index in [2.05, 4.69) is 54.0 Å². The lowest BCUT2D eigenvalue weighted by Crippen LogP contribution is -2.12. The van der Waals surface area contributed by atoms with Crippen molar-refractivity contribution in [1.29, 1.82) is 0 Å². The van der Waals surface area contributed by atoms with Crippen molar-refractivity contribution in [2.24, 2.45) is 11.8 Å². The van der Waals surface area contributed by atoms with Crippen LogP contribution in [-0.4, -0.2) is 0 Å². The van der Waals surface area contributed by atoms with Gasteiger partial charge < -0.3 is 0 Å². The van der Waals surface area contributed by atoms with Crippen molar-refractivity contribution < 1.29 is 0 Å². The minimum absolute atomic E-state index is 0.556. The molecule has 0 nitrogen and oxygen atoms in total. The summed E-state index contributed by atoms with van der Waals surface area (Å²) in [7, 11) is 0. The molecule has 0 saturated heterocycles. The molecule has 0 radical (unpaired) electrons. The third-order valence-electron chi connectivity index (χ3n) is 3.75. The maximum absolute atomic E-state index is 3.84. The average molecular weight is 295 g/mol. The van der Waals surface area contributed by atoms with Gasteiger partial charge in [0.1, 0.15) is 0 Å². The molecule has 1 unspecified atom stereocenters. The summed E-state index contributed by atoms with van der Waals surface area (Å²) in [4.78, 5) is 0.556. The quantitative estimate of drug-likeness (QED) is 0.628. The van der Waals surface area contributed by atoms with Crippen molar-refractivity contribution in [3.8, 4) is 0 Å². The van der Waals surface area contributed by atoms with Crippen LogP contribution in [0.15, 0.2) is 24.3 Å². The molecule has 0 aliphatic heterocycles. The van der Waals surface area contributed by atoms with Crippen LogP contribution in [0, 0.1) is 11.8 Å². The Morgan fingerprint density at radius 3 is 2.29 bits per heavy atom. The SMILES string of the molecule is CC(C)Cc1ccc(C(Br)CC2CCC2)cc1. The molecule has 1 heteroatoms. The lowest BCUT2D eigenvalue weighted by Gasteiger charge is -2.27. The van der Waals surface area contributed by atoms with Crippen molar-refractivity contribution in [3.05, 3.63) is 35.4 Å². The van der Waals surface area contributed by atoms with E-state index in [0.29, 0.717) is 4.83 Å². The van der Waals surface area contributed by atoms with Gasteiger partial charge >= 0.3 is 0 Å². The van der Waals surface area contributed by atoms with Crippen LogP contribution >= 0.6 is 15.9 Å². The first kappa shape index (κ1) is 13.1. The molecule has 1 saturated carbocycles. The van der Waals surface area contributed by atoms with Crippen molar-refractivity contribution >= 4 is 15.9 Å². The summed E-state index contributed by atoms with van der Waals surface area (Å²) in [6.45, 7) is 4.55. The van der Waals surface area contributed by atoms with Crippen LogP contribution in [-0.2, 0) is 6.42 Å². The van der Waals surface area contributed by atoms with Gasteiger partial charge in [-0.25, -0.2) is 0 Å². The molecule has 1 atom stereocenters. The number of hydrogen-bond acceptors (Lipinski definition) is 0. The van der Waals surface area contributed by atoms with Crippen LogP contribution in [0.1, 0.15) is 55.5 Å². The maximum Gasteiger partial charge on any atom is 0.0397 e. The van der Waals surface area contributed by atoms with Gasteiger partial charge in [-0.05, 0) is 35.8 Å². The molecule has 94 valence electrons. The van der Waals surface area contributed by atoms with Crippen LogP contribution in [0.5, 0.6) is 0 Å². The molecule has 1 aromatic carbocycles. The highest BCUT2D eigenvalue weighted by molar-refractivity contribution is 9.09. The Morgan fingerprint density at radius 1 is 1.18 bits per heavy atom. The fourth-order valence-corrected chi connectivity index (χ4v) is 3.33. The zero-order chi connectivity index (χ0) is 12.3. The minimum Gasteiger partial charge on any atom is -0.0839 e. The Hall–Kier alpha value is -0.300. The molecule has 1 aliphatic carbocycles. The normalized spacial score (nSPS) is 18.1. The Labute approximate surface area is 114 Å². The van der Waals surface area contributed by atoms with E-state index in [1.165, 1.54) is 43.2 Å². The summed E-state index contributed by atoms with van der Waals surface area (Å²) in [5, 5.41) is 0. The fourth-order valence-electron chi connectivity index (χ4n) is 2.49. The molecular weight excluding hydrogens is 272 g/mol. The monoisotopic (exact) mass is 294 g/mol. The van der Waals surface area contributed by atoms with E-state index in [4.69, 9.17) is 0 Å². The van der Waals surface area contributed by atoms with Crippen LogP contribution in [0.3, 0.4) is 0 Å². The summed E-state index contributed by atoms with van der Waals surface area (Å²) in [5.74, 6) is 1.71. The third kappa shape index (κ3) is 3.84. The standard InChI is InChI=1S/C16H23Br/c1-12(2)10-14-6-8-15(9-7-14)16(17)11-13-4-3-5-13/h6-9,12-13,16H,3-5,10-11H2,1-2H3. The third-order valence-corrected chi connectivity index (χ3v) is 4.65. The number of rotatable bonds is 5. The van der Waals surface area contributed by atoms with Crippen LogP contribution in [0.4, 0.5) is 0 Å². The lowest BCUT2D eigenvalue weighted by molar-refractivity contribution is 0.295. The highest BCUT2D eigenvalue weighted by Crippen LogP contribution is 2.38. The first-order valence-electron chi connectivity index (χ1n) is 6.88. The molecule has 0 heterocycles. The minimum atomic E-state index is 0.556. The Balaban J connectivity index is 1.91. The Bertz CT molecular complexity index is 335. The average Bonchev–Trinajstić information content (AvgIpc) is 2.23. The molecule has 0 aromatic heterocycles. The van der Waals surface area contributed by atoms with Gasteiger partial charge in [0.05, 0.1) is 0 Å². The van der Waals surface area contributed by atoms with Crippen molar-refractivity contribution in [2.45, 2.75) is 50.8 Å². The van der Waals surface area contributed by atoms with Gasteiger partial charge in [0.15, 0.2) is 0 Å². The van der Waals surface area contributed by atoms with Crippen LogP contribution in [0.2, 0.25) is 0 Å². The number of hydrogen-bond donors (Lipinski definition) is 0. The molecule has 0 N–H and O–H groups in total. The molecule has 1 fully saturated rings. The van der Waals surface area contributed by atoms with Gasteiger partial charge in [-0.15, -0.1) is 0 Å². The topological polar surface area (TPSA) is 0 Å². The molecular formula is C16H23Br. The molecule has 2 rings (SSSR count). The molecule has 0 bridgehead atoms. The second-order valence-corrected chi connectivity index (χ2v) is 6.95. The van der Waals surface area contributed by atoms with Gasteiger partial charge in [0, 0.05) is 4.83 Å². The predicted octanol–water partition coefficient (Wildman–Crippen LogP) is 5.51. The molecule has 1 aromatic rings. The molecule has 0 amide bonds. The van der Waals surface area contributed by atoms with Crippen molar-refractivity contribution in [2.75, 3.05) is 0 Å². The Morgan fingerprint density at radius 2 is 1.82 bits per heavy atom. The second kappa shape index (κ2) is 6.04. The first-order valence-corrected chi connectivity index (χ1v) is 7.79. The Kier molecular flexibility index (Phi) is 4.67. The van der Waals surface area contributed by atoms with Gasteiger partial charge in [0.2, 0.25) is 0 Å². The first-order chi connectivity index (χ1) is 8.15. The summed E-state index contributed by atoms with van der Waals surface area (Å²) >= 11 is 3.84. The lowest BCUT2D eigenvalue weighted by atomic mass is 9.81. The van der Waals surface area contributed by atoms with Crippen LogP contribution in [0.25, 0.3) is 0 Å². The van der Waals surface area contributed by atoms with Gasteiger partial charge in [-0.1, -0.05) is 73.3 Å². The highest BCUT2D eigenvalue weighted by Gasteiger charge is 2.21. The van der Waals surface area contributed by atoms with Gasteiger partial charge in [-0.2, -0.15) is 0 Å². The fraction of sp³-hybridized carbons (Fsp3) is 0.625. The summed E-state index contributed by atoms with van der Waals surface area (Å²) < 4.78 is 0. The predicted molar refractivity (Wildman–Crippen MR) is 78.6 cm³/mol.